The Morgan fingerprint density at radius 1 is 1.80 bits per heavy atom. The fraction of sp³-hybridized carbons (Fsp3) is 0.143. The van der Waals surface area contributed by atoms with Crippen LogP contribution >= 0.6 is 27.3 Å². The summed E-state index contributed by atoms with van der Waals surface area (Å²) >= 11 is 4.76. The molecular formula is C7H5BrOS. The van der Waals surface area contributed by atoms with Gasteiger partial charge in [0.25, 0.3) is 0 Å². The number of terminal acetylenes is 1. The zero-order valence-corrected chi connectivity index (χ0v) is 7.75. The summed E-state index contributed by atoms with van der Waals surface area (Å²) in [6.07, 6.45) is 5.17. The highest BCUT2D eigenvalue weighted by Gasteiger charge is 2.03. The maximum absolute atomic E-state index is 5.17. The lowest BCUT2D eigenvalue weighted by molar-refractivity contribution is 0.425. The number of methoxy groups -OCH3 is 1. The van der Waals surface area contributed by atoms with Gasteiger partial charge in [0.05, 0.1) is 16.5 Å². The van der Waals surface area contributed by atoms with E-state index < -0.39 is 0 Å². The first-order valence-corrected chi connectivity index (χ1v) is 4.19. The Labute approximate surface area is 72.1 Å². The van der Waals surface area contributed by atoms with Gasteiger partial charge in [0.1, 0.15) is 0 Å². The smallest absolute Gasteiger partial charge is 0.189 e. The van der Waals surface area contributed by atoms with E-state index in [2.05, 4.69) is 21.9 Å². The van der Waals surface area contributed by atoms with Crippen LogP contribution in [0.1, 0.15) is 4.88 Å². The van der Waals surface area contributed by atoms with Crippen molar-refractivity contribution >= 4 is 27.3 Å². The molecule has 0 radical (unpaired) electrons. The third-order valence-electron chi connectivity index (χ3n) is 0.983. The molecule has 0 N–H and O–H groups in total. The second-order valence-corrected chi connectivity index (χ2v) is 3.46. The molecule has 0 amide bonds. The van der Waals surface area contributed by atoms with E-state index in [1.54, 1.807) is 7.11 Å². The SMILES string of the molecule is C#Cc1cc(Br)c(OC)s1. The van der Waals surface area contributed by atoms with Gasteiger partial charge in [-0.25, -0.2) is 0 Å². The van der Waals surface area contributed by atoms with Crippen molar-refractivity contribution < 1.29 is 4.74 Å². The monoisotopic (exact) mass is 216 g/mol. The third kappa shape index (κ3) is 1.34. The summed E-state index contributed by atoms with van der Waals surface area (Å²) in [6.45, 7) is 0. The first-order valence-electron chi connectivity index (χ1n) is 2.58. The molecule has 0 aromatic carbocycles. The van der Waals surface area contributed by atoms with E-state index in [9.17, 15) is 0 Å². The number of thiophene rings is 1. The van der Waals surface area contributed by atoms with E-state index in [0.29, 0.717) is 0 Å². The summed E-state index contributed by atoms with van der Waals surface area (Å²) in [4.78, 5) is 0.878. The lowest BCUT2D eigenvalue weighted by atomic mass is 10.5. The van der Waals surface area contributed by atoms with Gasteiger partial charge >= 0.3 is 0 Å². The van der Waals surface area contributed by atoms with Crippen LogP contribution in [0.5, 0.6) is 5.06 Å². The number of rotatable bonds is 1. The molecule has 52 valence electrons. The fourth-order valence-corrected chi connectivity index (χ4v) is 2.02. The highest BCUT2D eigenvalue weighted by atomic mass is 79.9. The summed E-state index contributed by atoms with van der Waals surface area (Å²) in [7, 11) is 1.62. The summed E-state index contributed by atoms with van der Waals surface area (Å²) in [5.41, 5.74) is 0. The molecule has 0 aliphatic carbocycles. The summed E-state index contributed by atoms with van der Waals surface area (Å²) < 4.78 is 5.93. The van der Waals surface area contributed by atoms with Gasteiger partial charge in [-0.05, 0) is 22.0 Å². The predicted octanol–water partition coefficient (Wildman–Crippen LogP) is 2.50. The first kappa shape index (κ1) is 7.64. The molecule has 0 atom stereocenters. The fourth-order valence-electron chi connectivity index (χ4n) is 0.562. The number of hydrogen-bond acceptors (Lipinski definition) is 2. The summed E-state index contributed by atoms with van der Waals surface area (Å²) in [6, 6.07) is 1.86. The van der Waals surface area contributed by atoms with Crippen LogP contribution in [-0.2, 0) is 0 Å². The van der Waals surface area contributed by atoms with Crippen molar-refractivity contribution in [2.75, 3.05) is 7.11 Å². The van der Waals surface area contributed by atoms with E-state index in [-0.39, 0.29) is 0 Å². The van der Waals surface area contributed by atoms with Gasteiger partial charge in [0.2, 0.25) is 0 Å². The van der Waals surface area contributed by atoms with Crippen molar-refractivity contribution in [3.63, 3.8) is 0 Å². The van der Waals surface area contributed by atoms with Gasteiger partial charge in [-0.15, -0.1) is 6.42 Å². The Morgan fingerprint density at radius 3 is 2.80 bits per heavy atom. The molecule has 3 heteroatoms. The largest absolute Gasteiger partial charge is 0.486 e. The standard InChI is InChI=1S/C7H5BrOS/c1-3-5-4-6(8)7(9-2)10-5/h1,4H,2H3. The Morgan fingerprint density at radius 2 is 2.50 bits per heavy atom. The van der Waals surface area contributed by atoms with Crippen LogP contribution in [0.15, 0.2) is 10.5 Å². The Balaban J connectivity index is 3.07. The third-order valence-corrected chi connectivity index (χ3v) is 2.86. The zero-order chi connectivity index (χ0) is 7.56. The van der Waals surface area contributed by atoms with Gasteiger partial charge < -0.3 is 4.74 Å². The average molecular weight is 217 g/mol. The summed E-state index contributed by atoms with van der Waals surface area (Å²) in [5.74, 6) is 2.53. The lowest BCUT2D eigenvalue weighted by Gasteiger charge is -1.90. The van der Waals surface area contributed by atoms with Crippen LogP contribution in [0.4, 0.5) is 0 Å². The molecule has 1 aromatic rings. The molecule has 0 fully saturated rings. The molecule has 10 heavy (non-hydrogen) atoms. The highest BCUT2D eigenvalue weighted by molar-refractivity contribution is 9.10. The van der Waals surface area contributed by atoms with Crippen LogP contribution in [0.2, 0.25) is 0 Å². The minimum absolute atomic E-state index is 0.827. The van der Waals surface area contributed by atoms with E-state index >= 15 is 0 Å². The Bertz CT molecular complexity index is 272. The van der Waals surface area contributed by atoms with Crippen LogP contribution in [0.3, 0.4) is 0 Å². The number of hydrogen-bond donors (Lipinski definition) is 0. The Kier molecular flexibility index (Phi) is 2.36. The molecule has 1 heterocycles. The van der Waals surface area contributed by atoms with Crippen LogP contribution in [0, 0.1) is 12.3 Å². The second-order valence-electron chi connectivity index (χ2n) is 1.59. The van der Waals surface area contributed by atoms with Crippen molar-refractivity contribution in [2.24, 2.45) is 0 Å². The lowest BCUT2D eigenvalue weighted by Crippen LogP contribution is -1.75. The van der Waals surface area contributed by atoms with Crippen LogP contribution < -0.4 is 4.74 Å². The molecule has 1 nitrogen and oxygen atoms in total. The van der Waals surface area contributed by atoms with Crippen LogP contribution in [-0.4, -0.2) is 7.11 Å². The molecule has 0 unspecified atom stereocenters. The molecule has 1 aromatic heterocycles. The zero-order valence-electron chi connectivity index (χ0n) is 5.35. The van der Waals surface area contributed by atoms with E-state index in [4.69, 9.17) is 11.2 Å². The van der Waals surface area contributed by atoms with E-state index in [1.165, 1.54) is 11.3 Å². The molecule has 1 rings (SSSR count). The van der Waals surface area contributed by atoms with E-state index in [0.717, 1.165) is 14.4 Å². The Hall–Kier alpha value is -0.460. The topological polar surface area (TPSA) is 9.23 Å². The molecular weight excluding hydrogens is 212 g/mol. The highest BCUT2D eigenvalue weighted by Crippen LogP contribution is 2.33. The van der Waals surface area contributed by atoms with E-state index in [1.807, 2.05) is 6.07 Å². The predicted molar refractivity (Wildman–Crippen MR) is 46.5 cm³/mol. The minimum atomic E-state index is 0.827. The first-order chi connectivity index (χ1) is 4.77. The van der Waals surface area contributed by atoms with Crippen molar-refractivity contribution in [3.8, 4) is 17.4 Å². The summed E-state index contributed by atoms with van der Waals surface area (Å²) in [5, 5.41) is 0.827. The molecule has 0 bridgehead atoms. The number of halogens is 1. The molecule has 0 spiro atoms. The maximum Gasteiger partial charge on any atom is 0.189 e. The van der Waals surface area contributed by atoms with Gasteiger partial charge in [-0.2, -0.15) is 0 Å². The molecule has 0 saturated heterocycles. The molecule has 0 saturated carbocycles. The van der Waals surface area contributed by atoms with Gasteiger partial charge in [-0.3, -0.25) is 0 Å². The molecule has 0 aliphatic heterocycles. The average Bonchev–Trinajstić information content (AvgIpc) is 2.30. The van der Waals surface area contributed by atoms with Crippen LogP contribution in [0.25, 0.3) is 0 Å². The van der Waals surface area contributed by atoms with Crippen molar-refractivity contribution in [1.29, 1.82) is 0 Å². The quantitative estimate of drug-likeness (QED) is 0.656. The van der Waals surface area contributed by atoms with Crippen molar-refractivity contribution in [3.05, 3.63) is 15.4 Å². The van der Waals surface area contributed by atoms with Gasteiger partial charge in [0, 0.05) is 0 Å². The van der Waals surface area contributed by atoms with Crippen molar-refractivity contribution in [1.82, 2.24) is 0 Å². The maximum atomic E-state index is 5.17. The normalized spacial score (nSPS) is 8.90. The van der Waals surface area contributed by atoms with Gasteiger partial charge in [0.15, 0.2) is 5.06 Å². The van der Waals surface area contributed by atoms with Crippen molar-refractivity contribution in [2.45, 2.75) is 0 Å². The number of ether oxygens (including phenoxy) is 1. The molecule has 0 aliphatic rings. The van der Waals surface area contributed by atoms with Gasteiger partial charge in [-0.1, -0.05) is 17.3 Å². The second kappa shape index (κ2) is 3.09. The minimum Gasteiger partial charge on any atom is -0.486 e.